The Labute approximate surface area is 126 Å². The zero-order valence-corrected chi connectivity index (χ0v) is 13.2. The van der Waals surface area contributed by atoms with Crippen molar-refractivity contribution in [3.05, 3.63) is 86.1 Å². The van der Waals surface area contributed by atoms with Gasteiger partial charge in [-0.15, -0.1) is 0 Å². The summed E-state index contributed by atoms with van der Waals surface area (Å²) >= 11 is 0. The van der Waals surface area contributed by atoms with Gasteiger partial charge in [-0.25, -0.2) is 0 Å². The van der Waals surface area contributed by atoms with Crippen molar-refractivity contribution in [3.63, 3.8) is 0 Å². The molecular weight excluding hydrogens is 240 g/mol. The summed E-state index contributed by atoms with van der Waals surface area (Å²) in [5.74, 6) is 0. The van der Waals surface area contributed by atoms with Crippen molar-refractivity contribution in [2.45, 2.75) is 39.5 Å². The van der Waals surface area contributed by atoms with Crippen LogP contribution in [0.5, 0.6) is 0 Å². The molecule has 0 aromatic heterocycles. The maximum atomic E-state index is 3.56. The van der Waals surface area contributed by atoms with Crippen LogP contribution in [0.3, 0.4) is 0 Å². The van der Waals surface area contributed by atoms with E-state index in [-0.39, 0.29) is 0 Å². The molecule has 0 spiro atoms. The van der Waals surface area contributed by atoms with Gasteiger partial charge in [-0.05, 0) is 39.5 Å². The monoisotopic (exact) mass is 270 g/mol. The van der Waals surface area contributed by atoms with Gasteiger partial charge in [-0.2, -0.15) is 0 Å². The van der Waals surface area contributed by atoms with Crippen molar-refractivity contribution in [3.8, 4) is 0 Å². The standard InChI is InChI=1S/C5H8.C5H6.2C5H8/c2*1-2-4-5-3-1;1-4-5(2)3;1-3-5-4-2/h1-2H,3-5H2;1-4H,5H2;4H,1-2H2,3H3;3-5H,1H2,2H3. The van der Waals surface area contributed by atoms with Gasteiger partial charge in [-0.3, -0.25) is 0 Å². The van der Waals surface area contributed by atoms with E-state index in [0.29, 0.717) is 0 Å². The Kier molecular flexibility index (Phi) is 20.0. The third-order valence-corrected chi connectivity index (χ3v) is 2.24. The highest BCUT2D eigenvalue weighted by atomic mass is 13.9. The molecule has 0 heteroatoms. The van der Waals surface area contributed by atoms with Crippen molar-refractivity contribution >= 4 is 0 Å². The topological polar surface area (TPSA) is 0 Å². The van der Waals surface area contributed by atoms with Crippen LogP contribution in [0.25, 0.3) is 0 Å². The molecule has 0 bridgehead atoms. The Balaban J connectivity index is 0. The van der Waals surface area contributed by atoms with Crippen molar-refractivity contribution in [1.29, 1.82) is 0 Å². The third kappa shape index (κ3) is 25.1. The summed E-state index contributed by atoms with van der Waals surface area (Å²) in [5, 5.41) is 0. The predicted molar refractivity (Wildman–Crippen MR) is 95.9 cm³/mol. The highest BCUT2D eigenvalue weighted by molar-refractivity contribution is 5.12. The van der Waals surface area contributed by atoms with E-state index in [4.69, 9.17) is 0 Å². The van der Waals surface area contributed by atoms with E-state index >= 15 is 0 Å². The van der Waals surface area contributed by atoms with Gasteiger partial charge < -0.3 is 0 Å². The number of hydrogen-bond donors (Lipinski definition) is 0. The molecule has 2 aliphatic carbocycles. The van der Waals surface area contributed by atoms with Gasteiger partial charge in [0.2, 0.25) is 0 Å². The Morgan fingerprint density at radius 3 is 1.60 bits per heavy atom. The van der Waals surface area contributed by atoms with Gasteiger partial charge in [0.1, 0.15) is 0 Å². The molecule has 2 rings (SSSR count). The first-order chi connectivity index (χ1) is 9.68. The molecule has 110 valence electrons. The lowest BCUT2D eigenvalue weighted by atomic mass is 10.4. The lowest BCUT2D eigenvalue weighted by molar-refractivity contribution is 0.929. The quantitative estimate of drug-likeness (QED) is 0.385. The van der Waals surface area contributed by atoms with Gasteiger partial charge in [0.05, 0.1) is 0 Å². The molecule has 0 atom stereocenters. The first-order valence-electron chi connectivity index (χ1n) is 7.17. The lowest BCUT2D eigenvalue weighted by Gasteiger charge is -1.71. The summed E-state index contributed by atoms with van der Waals surface area (Å²) in [6.45, 7) is 14.3. The van der Waals surface area contributed by atoms with Crippen LogP contribution in [0.15, 0.2) is 86.1 Å². The third-order valence-electron chi connectivity index (χ3n) is 2.24. The van der Waals surface area contributed by atoms with Gasteiger partial charge in [-0.1, -0.05) is 86.1 Å². The van der Waals surface area contributed by atoms with E-state index < -0.39 is 0 Å². The second-order valence-corrected chi connectivity index (χ2v) is 4.31. The SMILES string of the molecule is C1=CCC=C1.C1=CCCC1.C=CC(=C)C.C=CC=CC. The average Bonchev–Trinajstić information content (AvgIpc) is 3.18. The second kappa shape index (κ2) is 19.5. The number of rotatable bonds is 2. The van der Waals surface area contributed by atoms with E-state index in [2.05, 4.69) is 56.2 Å². The van der Waals surface area contributed by atoms with Crippen LogP contribution in [0, 0.1) is 0 Å². The molecule has 0 unspecified atom stereocenters. The zero-order valence-electron chi connectivity index (χ0n) is 13.2. The Hall–Kier alpha value is -1.82. The minimum Gasteiger partial charge on any atom is -0.0991 e. The van der Waals surface area contributed by atoms with Crippen LogP contribution >= 0.6 is 0 Å². The molecule has 0 N–H and O–H groups in total. The van der Waals surface area contributed by atoms with Crippen molar-refractivity contribution in [1.82, 2.24) is 0 Å². The first-order valence-corrected chi connectivity index (χ1v) is 7.17. The summed E-state index contributed by atoms with van der Waals surface area (Å²) < 4.78 is 0. The van der Waals surface area contributed by atoms with Crippen LogP contribution < -0.4 is 0 Å². The fourth-order valence-corrected chi connectivity index (χ4v) is 1.12. The lowest BCUT2D eigenvalue weighted by Crippen LogP contribution is -1.50. The highest BCUT2D eigenvalue weighted by Gasteiger charge is 1.84. The largest absolute Gasteiger partial charge is 0.0991 e. The van der Waals surface area contributed by atoms with Gasteiger partial charge in [0.25, 0.3) is 0 Å². The van der Waals surface area contributed by atoms with Crippen molar-refractivity contribution in [2.75, 3.05) is 0 Å². The molecule has 0 aromatic carbocycles. The summed E-state index contributed by atoms with van der Waals surface area (Å²) in [7, 11) is 0. The molecule has 0 heterocycles. The second-order valence-electron chi connectivity index (χ2n) is 4.31. The molecule has 0 fully saturated rings. The molecule has 0 amide bonds. The molecule has 0 saturated heterocycles. The van der Waals surface area contributed by atoms with Crippen LogP contribution in [0.2, 0.25) is 0 Å². The molecule has 0 nitrogen and oxygen atoms in total. The minimum atomic E-state index is 1.02. The van der Waals surface area contributed by atoms with Crippen molar-refractivity contribution < 1.29 is 0 Å². The fraction of sp³-hybridized carbons (Fsp3) is 0.300. The molecule has 0 aliphatic heterocycles. The molecule has 20 heavy (non-hydrogen) atoms. The van der Waals surface area contributed by atoms with Gasteiger partial charge in [0, 0.05) is 0 Å². The summed E-state index contributed by atoms with van der Waals surface area (Å²) in [4.78, 5) is 0. The molecule has 0 saturated carbocycles. The Bertz CT molecular complexity index is 329. The van der Waals surface area contributed by atoms with Crippen molar-refractivity contribution in [2.24, 2.45) is 0 Å². The summed E-state index contributed by atoms with van der Waals surface area (Å²) in [6, 6.07) is 0. The highest BCUT2D eigenvalue weighted by Crippen LogP contribution is 2.05. The van der Waals surface area contributed by atoms with E-state index in [1.807, 2.05) is 26.0 Å². The van der Waals surface area contributed by atoms with Crippen LogP contribution in [-0.4, -0.2) is 0 Å². The van der Waals surface area contributed by atoms with E-state index in [1.165, 1.54) is 19.3 Å². The van der Waals surface area contributed by atoms with Crippen LogP contribution in [0.1, 0.15) is 39.5 Å². The van der Waals surface area contributed by atoms with E-state index in [0.717, 1.165) is 12.0 Å². The minimum absolute atomic E-state index is 1.02. The normalized spacial score (nSPS) is 13.5. The molecule has 0 radical (unpaired) electrons. The molecular formula is C20H30. The van der Waals surface area contributed by atoms with E-state index in [1.54, 1.807) is 12.2 Å². The maximum Gasteiger partial charge on any atom is -0.0163 e. The van der Waals surface area contributed by atoms with Crippen LogP contribution in [-0.2, 0) is 0 Å². The van der Waals surface area contributed by atoms with Gasteiger partial charge >= 0.3 is 0 Å². The zero-order chi connectivity index (χ0) is 15.5. The fourth-order valence-electron chi connectivity index (χ4n) is 1.12. The first kappa shape index (κ1) is 20.5. The number of allylic oxidation sites excluding steroid dienone is 11. The smallest absolute Gasteiger partial charge is 0.0163 e. The Morgan fingerprint density at radius 2 is 1.50 bits per heavy atom. The summed E-state index contributed by atoms with van der Waals surface area (Å²) in [6.07, 6.45) is 25.3. The average molecular weight is 270 g/mol. The predicted octanol–water partition coefficient (Wildman–Crippen LogP) is 6.73. The van der Waals surface area contributed by atoms with Gasteiger partial charge in [0.15, 0.2) is 0 Å². The number of hydrogen-bond acceptors (Lipinski definition) is 0. The van der Waals surface area contributed by atoms with Crippen LogP contribution in [0.4, 0.5) is 0 Å². The maximum absolute atomic E-state index is 3.56. The molecule has 2 aliphatic rings. The molecule has 0 aromatic rings. The van der Waals surface area contributed by atoms with E-state index in [9.17, 15) is 0 Å². The summed E-state index contributed by atoms with van der Waals surface area (Å²) in [5.41, 5.74) is 1.02. The Morgan fingerprint density at radius 1 is 1.00 bits per heavy atom.